The van der Waals surface area contributed by atoms with Gasteiger partial charge in [0, 0.05) is 0 Å². The Morgan fingerprint density at radius 1 is 1.32 bits per heavy atom. The van der Waals surface area contributed by atoms with Crippen LogP contribution in [0.5, 0.6) is 0 Å². The zero-order chi connectivity index (χ0) is 13.1. The molecule has 19 heavy (non-hydrogen) atoms. The second-order valence-corrected chi connectivity index (χ2v) is 7.75. The Morgan fingerprint density at radius 3 is 2.58 bits per heavy atom. The van der Waals surface area contributed by atoms with Crippen molar-refractivity contribution in [3.8, 4) is 0 Å². The SMILES string of the molecule is CC12CC3CC(C1)CC(C(NN)c1ccco1)(C3)C2. The summed E-state index contributed by atoms with van der Waals surface area (Å²) < 4.78 is 5.67. The molecule has 4 fully saturated rings. The van der Waals surface area contributed by atoms with Crippen molar-refractivity contribution < 1.29 is 4.42 Å². The van der Waals surface area contributed by atoms with Crippen LogP contribution < -0.4 is 11.3 Å². The summed E-state index contributed by atoms with van der Waals surface area (Å²) in [6.45, 7) is 2.49. The second-order valence-electron chi connectivity index (χ2n) is 7.75. The Hall–Kier alpha value is -0.800. The van der Waals surface area contributed by atoms with Crippen LogP contribution in [0.4, 0.5) is 0 Å². The highest BCUT2D eigenvalue weighted by atomic mass is 16.3. The zero-order valence-corrected chi connectivity index (χ0v) is 11.7. The first-order valence-corrected chi connectivity index (χ1v) is 7.62. The Labute approximate surface area is 114 Å². The van der Waals surface area contributed by atoms with Crippen LogP contribution in [0.15, 0.2) is 22.8 Å². The predicted molar refractivity (Wildman–Crippen MR) is 74.0 cm³/mol. The fourth-order valence-electron chi connectivity index (χ4n) is 6.15. The Morgan fingerprint density at radius 2 is 2.05 bits per heavy atom. The van der Waals surface area contributed by atoms with Crippen molar-refractivity contribution in [2.24, 2.45) is 28.5 Å². The lowest BCUT2D eigenvalue weighted by atomic mass is 9.43. The smallest absolute Gasteiger partial charge is 0.122 e. The van der Waals surface area contributed by atoms with E-state index in [1.807, 2.05) is 6.07 Å². The molecule has 4 saturated carbocycles. The maximum Gasteiger partial charge on any atom is 0.122 e. The van der Waals surface area contributed by atoms with Crippen LogP contribution in [0.3, 0.4) is 0 Å². The molecule has 3 heteroatoms. The Kier molecular flexibility index (Phi) is 2.43. The number of hydrogen-bond donors (Lipinski definition) is 2. The van der Waals surface area contributed by atoms with Gasteiger partial charge in [-0.15, -0.1) is 0 Å². The van der Waals surface area contributed by atoms with Crippen molar-refractivity contribution >= 4 is 0 Å². The van der Waals surface area contributed by atoms with Gasteiger partial charge in [0.2, 0.25) is 0 Å². The minimum absolute atomic E-state index is 0.188. The molecule has 1 heterocycles. The molecule has 0 aromatic carbocycles. The van der Waals surface area contributed by atoms with Crippen LogP contribution in [-0.2, 0) is 0 Å². The van der Waals surface area contributed by atoms with E-state index in [2.05, 4.69) is 18.4 Å². The molecular weight excluding hydrogens is 236 g/mol. The molecule has 4 bridgehead atoms. The molecule has 0 spiro atoms. The van der Waals surface area contributed by atoms with Gasteiger partial charge in [0.1, 0.15) is 5.76 Å². The van der Waals surface area contributed by atoms with Crippen molar-refractivity contribution in [3.63, 3.8) is 0 Å². The molecule has 0 aliphatic heterocycles. The van der Waals surface area contributed by atoms with E-state index in [1.165, 1.54) is 38.5 Å². The molecule has 3 unspecified atom stereocenters. The molecule has 0 radical (unpaired) electrons. The van der Waals surface area contributed by atoms with Crippen molar-refractivity contribution in [2.45, 2.75) is 51.5 Å². The van der Waals surface area contributed by atoms with Gasteiger partial charge in [-0.2, -0.15) is 0 Å². The lowest BCUT2D eigenvalue weighted by Gasteiger charge is -2.63. The maximum atomic E-state index is 5.92. The van der Waals surface area contributed by atoms with Gasteiger partial charge in [0.15, 0.2) is 0 Å². The standard InChI is InChI=1S/C16H24N2O/c1-15-6-11-5-12(7-15)9-16(8-11,10-15)14(18-17)13-3-2-4-19-13/h2-4,11-12,14,18H,5-10,17H2,1H3. The third kappa shape index (κ3) is 1.71. The molecule has 5 rings (SSSR count). The van der Waals surface area contributed by atoms with Gasteiger partial charge in [0.05, 0.1) is 12.3 Å². The van der Waals surface area contributed by atoms with Gasteiger partial charge in [-0.05, 0) is 73.3 Å². The third-order valence-corrected chi connectivity index (χ3v) is 6.01. The van der Waals surface area contributed by atoms with E-state index in [4.69, 9.17) is 10.3 Å². The number of nitrogens with one attached hydrogen (secondary N) is 1. The van der Waals surface area contributed by atoms with Crippen molar-refractivity contribution in [3.05, 3.63) is 24.2 Å². The highest BCUT2D eigenvalue weighted by Gasteiger charge is 2.58. The van der Waals surface area contributed by atoms with E-state index < -0.39 is 0 Å². The van der Waals surface area contributed by atoms with E-state index in [1.54, 1.807) is 6.26 Å². The lowest BCUT2D eigenvalue weighted by Crippen LogP contribution is -2.56. The molecular formula is C16H24N2O. The van der Waals surface area contributed by atoms with Gasteiger partial charge >= 0.3 is 0 Å². The summed E-state index contributed by atoms with van der Waals surface area (Å²) in [5.41, 5.74) is 3.96. The first kappa shape index (κ1) is 12.0. The van der Waals surface area contributed by atoms with Crippen molar-refractivity contribution in [2.75, 3.05) is 0 Å². The Bertz CT molecular complexity index is 453. The van der Waals surface area contributed by atoms with Crippen LogP contribution in [-0.4, -0.2) is 0 Å². The minimum Gasteiger partial charge on any atom is -0.468 e. The maximum absolute atomic E-state index is 5.92. The Balaban J connectivity index is 1.73. The second kappa shape index (κ2) is 3.86. The molecule has 104 valence electrons. The average molecular weight is 260 g/mol. The number of nitrogens with two attached hydrogens (primary N) is 1. The summed E-state index contributed by atoms with van der Waals surface area (Å²) in [7, 11) is 0. The molecule has 3 N–H and O–H groups in total. The quantitative estimate of drug-likeness (QED) is 0.647. The normalized spacial score (nSPS) is 45.6. The van der Waals surface area contributed by atoms with Gasteiger partial charge in [-0.25, -0.2) is 5.43 Å². The summed E-state index contributed by atoms with van der Waals surface area (Å²) >= 11 is 0. The number of hydrazine groups is 1. The van der Waals surface area contributed by atoms with Crippen LogP contribution in [0.25, 0.3) is 0 Å². The predicted octanol–water partition coefficient (Wildman–Crippen LogP) is 3.39. The highest BCUT2D eigenvalue weighted by molar-refractivity contribution is 5.16. The molecule has 1 aromatic rings. The molecule has 0 saturated heterocycles. The van der Waals surface area contributed by atoms with E-state index in [9.17, 15) is 0 Å². The highest BCUT2D eigenvalue weighted by Crippen LogP contribution is 2.68. The number of furan rings is 1. The van der Waals surface area contributed by atoms with E-state index in [0.717, 1.165) is 17.6 Å². The summed E-state index contributed by atoms with van der Waals surface area (Å²) in [5.74, 6) is 8.77. The first-order valence-electron chi connectivity index (χ1n) is 7.62. The van der Waals surface area contributed by atoms with E-state index >= 15 is 0 Å². The van der Waals surface area contributed by atoms with Gasteiger partial charge < -0.3 is 4.42 Å². The minimum atomic E-state index is 0.188. The molecule has 3 atom stereocenters. The number of hydrogen-bond acceptors (Lipinski definition) is 3. The average Bonchev–Trinajstić information content (AvgIpc) is 2.79. The topological polar surface area (TPSA) is 51.2 Å². The van der Waals surface area contributed by atoms with Crippen LogP contribution in [0, 0.1) is 22.7 Å². The van der Waals surface area contributed by atoms with Gasteiger partial charge in [-0.1, -0.05) is 6.92 Å². The van der Waals surface area contributed by atoms with E-state index in [-0.39, 0.29) is 6.04 Å². The van der Waals surface area contributed by atoms with Crippen LogP contribution >= 0.6 is 0 Å². The molecule has 1 aromatic heterocycles. The van der Waals surface area contributed by atoms with E-state index in [0.29, 0.717) is 10.8 Å². The molecule has 4 aliphatic rings. The number of rotatable bonds is 3. The first-order chi connectivity index (χ1) is 9.12. The van der Waals surface area contributed by atoms with Crippen molar-refractivity contribution in [1.82, 2.24) is 5.43 Å². The summed E-state index contributed by atoms with van der Waals surface area (Å²) in [4.78, 5) is 0. The fourth-order valence-corrected chi connectivity index (χ4v) is 6.15. The third-order valence-electron chi connectivity index (χ3n) is 6.01. The zero-order valence-electron chi connectivity index (χ0n) is 11.7. The molecule has 3 nitrogen and oxygen atoms in total. The monoisotopic (exact) mass is 260 g/mol. The lowest BCUT2D eigenvalue weighted by molar-refractivity contribution is -0.121. The summed E-state index contributed by atoms with van der Waals surface area (Å²) in [5, 5.41) is 0. The summed E-state index contributed by atoms with van der Waals surface area (Å²) in [6.07, 6.45) is 10.0. The van der Waals surface area contributed by atoms with Crippen LogP contribution in [0.2, 0.25) is 0 Å². The summed E-state index contributed by atoms with van der Waals surface area (Å²) in [6, 6.07) is 4.24. The molecule has 0 amide bonds. The largest absolute Gasteiger partial charge is 0.468 e. The van der Waals surface area contributed by atoms with Gasteiger partial charge in [0.25, 0.3) is 0 Å². The van der Waals surface area contributed by atoms with Gasteiger partial charge in [-0.3, -0.25) is 5.84 Å². The molecule has 4 aliphatic carbocycles. The fraction of sp³-hybridized carbons (Fsp3) is 0.750. The van der Waals surface area contributed by atoms with Crippen LogP contribution in [0.1, 0.15) is 57.3 Å². The van der Waals surface area contributed by atoms with Crippen molar-refractivity contribution in [1.29, 1.82) is 0 Å².